The van der Waals surface area contributed by atoms with Crippen LogP contribution in [0.25, 0.3) is 0 Å². The van der Waals surface area contributed by atoms with Gasteiger partial charge in [-0.2, -0.15) is 0 Å². The molecule has 2 atom stereocenters. The van der Waals surface area contributed by atoms with Crippen LogP contribution in [0.3, 0.4) is 0 Å². The van der Waals surface area contributed by atoms with Crippen LogP contribution in [-0.4, -0.2) is 75.5 Å². The maximum atomic E-state index is 12.8. The first kappa shape index (κ1) is 64.1. The molecule has 0 aliphatic carbocycles. The van der Waals surface area contributed by atoms with Crippen LogP contribution >= 0.6 is 0 Å². The van der Waals surface area contributed by atoms with Gasteiger partial charge in [-0.05, 0) is 38.5 Å². The summed E-state index contributed by atoms with van der Waals surface area (Å²) in [4.78, 5) is 37.1. The second-order valence-electron chi connectivity index (χ2n) is 20.9. The van der Waals surface area contributed by atoms with Gasteiger partial charge >= 0.3 is 11.9 Å². The molecule has 0 radical (unpaired) electrons. The molecule has 0 heterocycles. The van der Waals surface area contributed by atoms with Crippen molar-refractivity contribution in [3.8, 4) is 0 Å². The molecule has 0 saturated heterocycles. The number of carbonyl (C=O) groups is 3. The molecule has 66 heavy (non-hydrogen) atoms. The minimum Gasteiger partial charge on any atom is -0.544 e. The SMILES string of the molecule is CCCCCCCCCC/C=C/CCCCCCCCCC(=O)OC(COCCC(C(=O)[O-])[N+](C)(C)C)COC(=O)CCCCCCCCCCCCCCCCCCCCCCCCC. The van der Waals surface area contributed by atoms with Gasteiger partial charge in [0, 0.05) is 19.3 Å². The second kappa shape index (κ2) is 49.5. The van der Waals surface area contributed by atoms with Crippen LogP contribution < -0.4 is 5.11 Å². The summed E-state index contributed by atoms with van der Waals surface area (Å²) in [5.41, 5.74) is 0. The number of likely N-dealkylation sites (N-methyl/N-ethyl adjacent to an activating group) is 1. The molecule has 0 N–H and O–H groups in total. The van der Waals surface area contributed by atoms with Gasteiger partial charge in [0.1, 0.15) is 12.6 Å². The summed E-state index contributed by atoms with van der Waals surface area (Å²) >= 11 is 0. The first-order chi connectivity index (χ1) is 32.1. The summed E-state index contributed by atoms with van der Waals surface area (Å²) in [6, 6.07) is -0.723. The van der Waals surface area contributed by atoms with E-state index in [1.54, 1.807) is 0 Å². The molecule has 8 nitrogen and oxygen atoms in total. The van der Waals surface area contributed by atoms with Gasteiger partial charge in [-0.1, -0.05) is 244 Å². The van der Waals surface area contributed by atoms with Crippen LogP contribution in [-0.2, 0) is 28.6 Å². The molecule has 0 saturated carbocycles. The molecule has 0 spiro atoms. The predicted molar refractivity (Wildman–Crippen MR) is 278 cm³/mol. The number of carboxylic acids is 1. The molecular formula is C58H111NO7. The third-order valence-corrected chi connectivity index (χ3v) is 13.4. The summed E-state index contributed by atoms with van der Waals surface area (Å²) < 4.78 is 17.3. The lowest BCUT2D eigenvalue weighted by Gasteiger charge is -2.34. The zero-order valence-corrected chi connectivity index (χ0v) is 44.6. The highest BCUT2D eigenvalue weighted by atomic mass is 16.6. The lowest BCUT2D eigenvalue weighted by molar-refractivity contribution is -0.889. The average Bonchev–Trinajstić information content (AvgIpc) is 3.28. The number of carboxylic acid groups (broad SMARTS) is 1. The average molecular weight is 935 g/mol. The fourth-order valence-corrected chi connectivity index (χ4v) is 8.95. The fourth-order valence-electron chi connectivity index (χ4n) is 8.95. The zero-order chi connectivity index (χ0) is 48.4. The van der Waals surface area contributed by atoms with Crippen LogP contribution in [0, 0.1) is 0 Å². The van der Waals surface area contributed by atoms with E-state index in [-0.39, 0.29) is 42.7 Å². The Bertz CT molecular complexity index is 1090. The lowest BCUT2D eigenvalue weighted by Crippen LogP contribution is -2.55. The molecule has 0 aromatic carbocycles. The summed E-state index contributed by atoms with van der Waals surface area (Å²) in [5, 5.41) is 11.7. The van der Waals surface area contributed by atoms with Crippen LogP contribution in [0.5, 0.6) is 0 Å². The molecule has 0 bridgehead atoms. The largest absolute Gasteiger partial charge is 0.544 e. The number of unbranched alkanes of at least 4 members (excludes halogenated alkanes) is 37. The molecule has 0 amide bonds. The van der Waals surface area contributed by atoms with Crippen molar-refractivity contribution in [1.82, 2.24) is 0 Å². The van der Waals surface area contributed by atoms with E-state index < -0.39 is 18.1 Å². The molecule has 0 aromatic heterocycles. The van der Waals surface area contributed by atoms with Gasteiger partial charge in [-0.3, -0.25) is 9.59 Å². The Kier molecular flexibility index (Phi) is 48.0. The number of carbonyl (C=O) groups excluding carboxylic acids is 3. The number of hydrogen-bond acceptors (Lipinski definition) is 7. The Morgan fingerprint density at radius 2 is 0.758 bits per heavy atom. The summed E-state index contributed by atoms with van der Waals surface area (Å²) in [6.07, 6.45) is 56.8. The fraction of sp³-hybridized carbons (Fsp3) is 0.914. The van der Waals surface area contributed by atoms with E-state index in [1.807, 2.05) is 21.1 Å². The molecular weight excluding hydrogens is 823 g/mol. The van der Waals surface area contributed by atoms with Crippen LogP contribution in [0.15, 0.2) is 12.2 Å². The van der Waals surface area contributed by atoms with Gasteiger partial charge in [0.25, 0.3) is 0 Å². The van der Waals surface area contributed by atoms with Gasteiger partial charge < -0.3 is 28.6 Å². The van der Waals surface area contributed by atoms with Crippen LogP contribution in [0.1, 0.15) is 290 Å². The van der Waals surface area contributed by atoms with Crippen molar-refractivity contribution in [2.75, 3.05) is 41.0 Å². The van der Waals surface area contributed by atoms with Gasteiger partial charge in [-0.25, -0.2) is 0 Å². The number of esters is 2. The third kappa shape index (κ3) is 47.1. The van der Waals surface area contributed by atoms with Gasteiger partial charge in [0.2, 0.25) is 0 Å². The van der Waals surface area contributed by atoms with Crippen LogP contribution in [0.4, 0.5) is 0 Å². The quantitative estimate of drug-likeness (QED) is 0.0259. The Labute approximate surface area is 409 Å². The number of aliphatic carboxylic acids is 1. The van der Waals surface area contributed by atoms with Crippen molar-refractivity contribution < 1.29 is 38.2 Å². The van der Waals surface area contributed by atoms with Crippen molar-refractivity contribution in [3.05, 3.63) is 12.2 Å². The maximum Gasteiger partial charge on any atom is 0.306 e. The van der Waals surface area contributed by atoms with E-state index in [4.69, 9.17) is 14.2 Å². The smallest absolute Gasteiger partial charge is 0.306 e. The number of rotatable bonds is 53. The molecule has 390 valence electrons. The molecule has 0 aliphatic rings. The topological polar surface area (TPSA) is 102 Å². The van der Waals surface area contributed by atoms with E-state index in [0.29, 0.717) is 12.8 Å². The Morgan fingerprint density at radius 3 is 1.09 bits per heavy atom. The second-order valence-corrected chi connectivity index (χ2v) is 20.9. The van der Waals surface area contributed by atoms with Crippen molar-refractivity contribution in [3.63, 3.8) is 0 Å². The van der Waals surface area contributed by atoms with Gasteiger partial charge in [0.15, 0.2) is 6.10 Å². The minimum atomic E-state index is -1.12. The van der Waals surface area contributed by atoms with E-state index in [0.717, 1.165) is 38.5 Å². The molecule has 0 aliphatic heterocycles. The number of hydrogen-bond donors (Lipinski definition) is 0. The van der Waals surface area contributed by atoms with E-state index in [1.165, 1.54) is 218 Å². The molecule has 8 heteroatoms. The van der Waals surface area contributed by atoms with Crippen LogP contribution in [0.2, 0.25) is 0 Å². The van der Waals surface area contributed by atoms with Gasteiger partial charge in [-0.15, -0.1) is 0 Å². The first-order valence-electron chi connectivity index (χ1n) is 28.7. The van der Waals surface area contributed by atoms with Gasteiger partial charge in [0.05, 0.1) is 40.3 Å². The van der Waals surface area contributed by atoms with Crippen molar-refractivity contribution in [1.29, 1.82) is 0 Å². The summed E-state index contributed by atoms with van der Waals surface area (Å²) in [7, 11) is 5.43. The Morgan fingerprint density at radius 1 is 0.439 bits per heavy atom. The maximum absolute atomic E-state index is 12.8. The standard InChI is InChI=1S/C58H111NO7/c1-6-8-10-12-14-16-18-20-22-24-26-27-28-29-31-32-34-36-38-40-42-44-46-48-56(60)65-53-54(52-64-51-50-55(58(62)63)59(3,4)5)66-57(61)49-47-45-43-41-39-37-35-33-30-25-23-21-19-17-15-13-11-9-7-2/h25,30,54-55H,6-24,26-29,31-53H2,1-5H3/b30-25+. The Balaban J connectivity index is 4.12. The highest BCUT2D eigenvalue weighted by Crippen LogP contribution is 2.17. The lowest BCUT2D eigenvalue weighted by atomic mass is 10.0. The molecule has 0 rings (SSSR count). The number of ether oxygens (including phenoxy) is 3. The Hall–Kier alpha value is -1.93. The summed E-state index contributed by atoms with van der Waals surface area (Å²) in [5.74, 6) is -1.71. The zero-order valence-electron chi connectivity index (χ0n) is 44.6. The highest BCUT2D eigenvalue weighted by molar-refractivity contribution is 5.70. The predicted octanol–water partition coefficient (Wildman–Crippen LogP) is 15.7. The number of quaternary nitrogens is 1. The van der Waals surface area contributed by atoms with E-state index >= 15 is 0 Å². The molecule has 2 unspecified atom stereocenters. The number of allylic oxidation sites excluding steroid dienone is 2. The van der Waals surface area contributed by atoms with Crippen molar-refractivity contribution in [2.45, 2.75) is 302 Å². The minimum absolute atomic E-state index is 0.0454. The normalized spacial score (nSPS) is 12.8. The summed E-state index contributed by atoms with van der Waals surface area (Å²) in [6.45, 7) is 4.72. The molecule has 0 aromatic rings. The van der Waals surface area contributed by atoms with E-state index in [9.17, 15) is 19.5 Å². The first-order valence-corrected chi connectivity index (χ1v) is 28.7. The van der Waals surface area contributed by atoms with Crippen molar-refractivity contribution in [2.24, 2.45) is 0 Å². The third-order valence-electron chi connectivity index (χ3n) is 13.4. The molecule has 0 fully saturated rings. The monoisotopic (exact) mass is 934 g/mol. The highest BCUT2D eigenvalue weighted by Gasteiger charge is 2.25. The number of nitrogens with zero attached hydrogens (tertiary/aromatic N) is 1. The van der Waals surface area contributed by atoms with Crippen molar-refractivity contribution >= 4 is 17.9 Å². The van der Waals surface area contributed by atoms with E-state index in [2.05, 4.69) is 26.0 Å².